The van der Waals surface area contributed by atoms with Crippen molar-refractivity contribution in [3.8, 4) is 0 Å². The number of Topliss-reactive ketones (excluding diaryl/α,β-unsaturated/α-hetero) is 1. The maximum atomic E-state index is 15.3. The monoisotopic (exact) mass is 855 g/mol. The molecule has 4 aliphatic rings. The average Bonchev–Trinajstić information content (AvgIpc) is 3.12. The third-order valence-corrected chi connectivity index (χ3v) is 11.7. The molecule has 1 aromatic carbocycles. The standard InChI is InChI=1S/C44H57NO16/c1-21(2)17-27(45-40(53)61-41(7,8)9)34(49)39(52)58-29-19-44(54)37(59-38(51)26-15-13-12-14-16-26)33-31(36(57-24(5)47)35(50)32(22(29)3)42(44,10)11)28(56-23(4)46)18-30-43(33,20-55-30)60-25(6)48/h12-16,21,27-30,33-34,37,49,54H,17-20H2,1-11H3,(H,45,53)/b36-31+/t27-,28-,29-,30+,33+,34+,37-,43-,44+/m0/s1. The first-order valence-corrected chi connectivity index (χ1v) is 20.3. The van der Waals surface area contributed by atoms with Crippen molar-refractivity contribution in [3.63, 3.8) is 0 Å². The van der Waals surface area contributed by atoms with E-state index >= 15 is 4.79 Å². The summed E-state index contributed by atoms with van der Waals surface area (Å²) in [6, 6.07) is 6.56. The topological polar surface area (TPSA) is 237 Å². The number of aliphatic hydroxyl groups is 2. The van der Waals surface area contributed by atoms with Gasteiger partial charge in [0.2, 0.25) is 5.78 Å². The Labute approximate surface area is 354 Å². The van der Waals surface area contributed by atoms with Crippen LogP contribution in [0.4, 0.5) is 4.79 Å². The molecule has 0 aromatic heterocycles. The fourth-order valence-corrected chi connectivity index (χ4v) is 9.08. The summed E-state index contributed by atoms with van der Waals surface area (Å²) in [5.74, 6) is -8.12. The van der Waals surface area contributed by atoms with E-state index in [0.29, 0.717) is 0 Å². The summed E-state index contributed by atoms with van der Waals surface area (Å²) < 4.78 is 41.2. The van der Waals surface area contributed by atoms with Crippen LogP contribution in [0.3, 0.4) is 0 Å². The number of hydrogen-bond acceptors (Lipinski definition) is 16. The number of ether oxygens (including phenoxy) is 7. The molecule has 17 nitrogen and oxygen atoms in total. The highest BCUT2D eigenvalue weighted by Crippen LogP contribution is 2.61. The Morgan fingerprint density at radius 3 is 2.10 bits per heavy atom. The quantitative estimate of drug-likeness (QED) is 0.211. The first kappa shape index (κ1) is 46.9. The molecule has 1 saturated carbocycles. The minimum atomic E-state index is -2.44. The van der Waals surface area contributed by atoms with Crippen molar-refractivity contribution >= 4 is 41.7 Å². The van der Waals surface area contributed by atoms with Crippen molar-refractivity contribution in [1.29, 1.82) is 0 Å². The molecule has 334 valence electrons. The molecular weight excluding hydrogens is 798 g/mol. The number of fused-ring (bicyclic) bond motifs is 5. The molecule has 0 spiro atoms. The zero-order valence-corrected chi connectivity index (χ0v) is 36.4. The smallest absolute Gasteiger partial charge is 0.407 e. The number of carbonyl (C=O) groups excluding carboxylic acids is 7. The number of esters is 5. The van der Waals surface area contributed by atoms with Gasteiger partial charge in [0.15, 0.2) is 17.5 Å². The Morgan fingerprint density at radius 2 is 1.57 bits per heavy atom. The minimum Gasteiger partial charge on any atom is -0.458 e. The number of rotatable bonds is 11. The van der Waals surface area contributed by atoms with Gasteiger partial charge in [-0.1, -0.05) is 45.9 Å². The number of ketones is 1. The Kier molecular flexibility index (Phi) is 13.3. The van der Waals surface area contributed by atoms with Gasteiger partial charge in [0.05, 0.1) is 24.1 Å². The van der Waals surface area contributed by atoms with Crippen molar-refractivity contribution in [2.45, 2.75) is 149 Å². The lowest BCUT2D eigenvalue weighted by Gasteiger charge is -2.63. The predicted molar refractivity (Wildman–Crippen MR) is 212 cm³/mol. The van der Waals surface area contributed by atoms with E-state index in [0.717, 1.165) is 20.8 Å². The van der Waals surface area contributed by atoms with Gasteiger partial charge in [0, 0.05) is 50.2 Å². The Balaban J connectivity index is 1.76. The van der Waals surface area contributed by atoms with Crippen LogP contribution in [0.2, 0.25) is 0 Å². The van der Waals surface area contributed by atoms with E-state index in [-0.39, 0.29) is 47.6 Å². The van der Waals surface area contributed by atoms with Crippen LogP contribution in [0.15, 0.2) is 52.8 Å². The lowest BCUT2D eigenvalue weighted by atomic mass is 9.51. The van der Waals surface area contributed by atoms with Gasteiger partial charge >= 0.3 is 35.9 Å². The first-order valence-electron chi connectivity index (χ1n) is 20.3. The molecule has 0 unspecified atom stereocenters. The van der Waals surface area contributed by atoms with Crippen LogP contribution in [0.1, 0.15) is 106 Å². The molecule has 1 aromatic rings. The number of benzene rings is 1. The zero-order valence-electron chi connectivity index (χ0n) is 36.4. The predicted octanol–water partition coefficient (Wildman–Crippen LogP) is 3.95. The Bertz CT molecular complexity index is 2010. The van der Waals surface area contributed by atoms with Gasteiger partial charge in [0.1, 0.15) is 35.6 Å². The fraction of sp³-hybridized carbons (Fsp3) is 0.614. The number of allylic oxidation sites excluding steroid dienone is 1. The van der Waals surface area contributed by atoms with E-state index in [1.165, 1.54) is 32.9 Å². The van der Waals surface area contributed by atoms with Gasteiger partial charge < -0.3 is 48.7 Å². The molecule has 1 amide bonds. The van der Waals surface area contributed by atoms with Crippen LogP contribution in [-0.4, -0.2) is 112 Å². The molecule has 1 aliphatic heterocycles. The summed E-state index contributed by atoms with van der Waals surface area (Å²) in [5, 5.41) is 27.6. The van der Waals surface area contributed by atoms with Crippen LogP contribution in [-0.2, 0) is 57.1 Å². The first-order chi connectivity index (χ1) is 28.2. The molecule has 61 heavy (non-hydrogen) atoms. The van der Waals surface area contributed by atoms with Crippen molar-refractivity contribution in [3.05, 3.63) is 58.4 Å². The third-order valence-electron chi connectivity index (χ3n) is 11.7. The van der Waals surface area contributed by atoms with Crippen LogP contribution >= 0.6 is 0 Å². The normalized spacial score (nSPS) is 30.1. The molecule has 1 heterocycles. The molecule has 2 fully saturated rings. The van der Waals surface area contributed by atoms with Crippen molar-refractivity contribution < 1.29 is 76.9 Å². The number of carbonyl (C=O) groups is 7. The van der Waals surface area contributed by atoms with Gasteiger partial charge in [-0.25, -0.2) is 14.4 Å². The van der Waals surface area contributed by atoms with Crippen LogP contribution in [0.5, 0.6) is 0 Å². The van der Waals surface area contributed by atoms with Gasteiger partial charge in [-0.15, -0.1) is 0 Å². The van der Waals surface area contributed by atoms with Gasteiger partial charge in [-0.2, -0.15) is 0 Å². The molecule has 0 radical (unpaired) electrons. The molecule has 5 rings (SSSR count). The van der Waals surface area contributed by atoms with E-state index in [9.17, 15) is 39.0 Å². The SMILES string of the molecule is CC(=O)O/C1=C2\[C@@H](OC(C)=O)C[C@H]3OC[C@@]3(OC(C)=O)[C@H]2[C@H](OC(=O)c2ccccc2)[C@]2(O)C[C@H](OC(=O)[C@H](O)[C@H](CC(C)C)NC(=O)OC(C)(C)C)C(C)=C(C1=O)C2(C)C. The summed E-state index contributed by atoms with van der Waals surface area (Å²) in [6.07, 6.45) is -9.35. The summed E-state index contributed by atoms with van der Waals surface area (Å²) >= 11 is 0. The number of hydrogen-bond donors (Lipinski definition) is 3. The zero-order chi connectivity index (χ0) is 45.6. The molecule has 3 N–H and O–H groups in total. The highest BCUT2D eigenvalue weighted by molar-refractivity contribution is 6.10. The number of nitrogens with one attached hydrogen (secondary N) is 1. The summed E-state index contributed by atoms with van der Waals surface area (Å²) in [5.41, 5.74) is -7.17. The highest BCUT2D eigenvalue weighted by atomic mass is 16.6. The molecular formula is C44H57NO16. The van der Waals surface area contributed by atoms with E-state index < -0.39 is 119 Å². The molecule has 1 saturated heterocycles. The number of amides is 1. The lowest BCUT2D eigenvalue weighted by molar-refractivity contribution is -0.309. The fourth-order valence-electron chi connectivity index (χ4n) is 9.08. The van der Waals surface area contributed by atoms with Crippen LogP contribution < -0.4 is 5.32 Å². The van der Waals surface area contributed by atoms with E-state index in [1.54, 1.807) is 39.0 Å². The number of aliphatic hydroxyl groups excluding tert-OH is 1. The molecule has 2 bridgehead atoms. The van der Waals surface area contributed by atoms with E-state index in [4.69, 9.17) is 33.2 Å². The van der Waals surface area contributed by atoms with Crippen molar-refractivity contribution in [1.82, 2.24) is 5.32 Å². The third kappa shape index (κ3) is 9.24. The lowest BCUT2D eigenvalue weighted by Crippen LogP contribution is -2.76. The second-order valence-electron chi connectivity index (χ2n) is 18.1. The van der Waals surface area contributed by atoms with Gasteiger partial charge in [-0.05, 0) is 57.7 Å². The van der Waals surface area contributed by atoms with Gasteiger partial charge in [-0.3, -0.25) is 19.2 Å². The van der Waals surface area contributed by atoms with E-state index in [1.807, 2.05) is 13.8 Å². The summed E-state index contributed by atoms with van der Waals surface area (Å²) in [7, 11) is 0. The van der Waals surface area contributed by atoms with Crippen LogP contribution in [0, 0.1) is 17.3 Å². The minimum absolute atomic E-state index is 0.0469. The van der Waals surface area contributed by atoms with Crippen molar-refractivity contribution in [2.24, 2.45) is 17.3 Å². The van der Waals surface area contributed by atoms with Gasteiger partial charge in [0.25, 0.3) is 0 Å². The van der Waals surface area contributed by atoms with Crippen LogP contribution in [0.25, 0.3) is 0 Å². The summed E-state index contributed by atoms with van der Waals surface area (Å²) in [6.45, 7) is 16.0. The molecule has 9 atom stereocenters. The van der Waals surface area contributed by atoms with Crippen molar-refractivity contribution in [2.75, 3.05) is 6.61 Å². The highest BCUT2D eigenvalue weighted by Gasteiger charge is 2.73. The van der Waals surface area contributed by atoms with E-state index in [2.05, 4.69) is 5.32 Å². The largest absolute Gasteiger partial charge is 0.458 e. The summed E-state index contributed by atoms with van der Waals surface area (Å²) in [4.78, 5) is 95.0. The Hall–Kier alpha value is -5.13. The second kappa shape index (κ2) is 17.3. The number of alkyl carbamates (subject to hydrolysis) is 1. The Morgan fingerprint density at radius 1 is 0.934 bits per heavy atom. The second-order valence-corrected chi connectivity index (χ2v) is 18.1. The molecule has 17 heteroatoms. The maximum absolute atomic E-state index is 15.3. The molecule has 3 aliphatic carbocycles. The maximum Gasteiger partial charge on any atom is 0.407 e. The average molecular weight is 856 g/mol.